The van der Waals surface area contributed by atoms with Crippen molar-refractivity contribution < 1.29 is 9.53 Å². The molecular formula is C13H20N2O2. The van der Waals surface area contributed by atoms with Crippen molar-refractivity contribution in [3.05, 3.63) is 23.8 Å². The minimum absolute atomic E-state index is 0.106. The second-order valence-electron chi connectivity index (χ2n) is 4.09. The number of anilines is 1. The van der Waals surface area contributed by atoms with Crippen LogP contribution in [-0.4, -0.2) is 31.5 Å². The normalized spacial score (nSPS) is 10.1. The van der Waals surface area contributed by atoms with E-state index in [1.54, 1.807) is 19.0 Å². The quantitative estimate of drug-likeness (QED) is 0.791. The average Bonchev–Trinajstić information content (AvgIpc) is 2.29. The Balaban J connectivity index is 2.74. The van der Waals surface area contributed by atoms with Gasteiger partial charge in [-0.15, -0.1) is 0 Å². The number of benzene rings is 1. The Hall–Kier alpha value is -1.71. The lowest BCUT2D eigenvalue weighted by Crippen LogP contribution is -2.21. The number of nitrogens with zero attached hydrogens (tertiary/aromatic N) is 1. The first-order valence-corrected chi connectivity index (χ1v) is 5.76. The minimum atomic E-state index is 0.106. The zero-order valence-electron chi connectivity index (χ0n) is 10.7. The fraction of sp³-hybridized carbons (Fsp3) is 0.462. The summed E-state index contributed by atoms with van der Waals surface area (Å²) in [6.45, 7) is 2.55. The Morgan fingerprint density at radius 1 is 1.41 bits per heavy atom. The number of hydrogen-bond donors (Lipinski definition) is 1. The van der Waals surface area contributed by atoms with Gasteiger partial charge in [0.2, 0.25) is 5.91 Å². The third-order valence-electron chi connectivity index (χ3n) is 2.49. The van der Waals surface area contributed by atoms with Gasteiger partial charge in [-0.2, -0.15) is 0 Å². The van der Waals surface area contributed by atoms with Crippen molar-refractivity contribution in [2.45, 2.75) is 19.8 Å². The van der Waals surface area contributed by atoms with Gasteiger partial charge >= 0.3 is 0 Å². The first kappa shape index (κ1) is 13.4. The van der Waals surface area contributed by atoms with Gasteiger partial charge in [0.05, 0.1) is 6.61 Å². The Morgan fingerprint density at radius 2 is 2.12 bits per heavy atom. The summed E-state index contributed by atoms with van der Waals surface area (Å²) in [6, 6.07) is 5.53. The van der Waals surface area contributed by atoms with Crippen LogP contribution in [0.1, 0.15) is 18.9 Å². The Morgan fingerprint density at radius 3 is 2.71 bits per heavy atom. The smallest absolute Gasteiger partial charge is 0.222 e. The SMILES string of the molecule is CCOc1ccc(N)cc1CCC(=O)N(C)C. The molecule has 0 atom stereocenters. The number of nitrogens with two attached hydrogens (primary N) is 1. The predicted molar refractivity (Wildman–Crippen MR) is 69.0 cm³/mol. The number of nitrogen functional groups attached to an aromatic ring is 1. The van der Waals surface area contributed by atoms with Crippen LogP contribution in [0.2, 0.25) is 0 Å². The largest absolute Gasteiger partial charge is 0.494 e. The molecule has 0 heterocycles. The van der Waals surface area contributed by atoms with E-state index >= 15 is 0 Å². The van der Waals surface area contributed by atoms with Crippen LogP contribution in [0.3, 0.4) is 0 Å². The molecule has 0 aliphatic heterocycles. The highest BCUT2D eigenvalue weighted by molar-refractivity contribution is 5.76. The molecule has 0 radical (unpaired) electrons. The third-order valence-corrected chi connectivity index (χ3v) is 2.49. The van der Waals surface area contributed by atoms with Crippen molar-refractivity contribution in [1.29, 1.82) is 0 Å². The average molecular weight is 236 g/mol. The topological polar surface area (TPSA) is 55.6 Å². The van der Waals surface area contributed by atoms with Crippen LogP contribution in [-0.2, 0) is 11.2 Å². The van der Waals surface area contributed by atoms with Crippen LogP contribution in [0.5, 0.6) is 5.75 Å². The Labute approximate surface area is 102 Å². The molecule has 0 fully saturated rings. The van der Waals surface area contributed by atoms with Crippen LogP contribution in [0.4, 0.5) is 5.69 Å². The standard InChI is InChI=1S/C13H20N2O2/c1-4-17-12-7-6-11(14)9-10(12)5-8-13(16)15(2)3/h6-7,9H,4-5,8,14H2,1-3H3. The molecule has 4 nitrogen and oxygen atoms in total. The van der Waals surface area contributed by atoms with E-state index in [-0.39, 0.29) is 5.91 Å². The molecule has 1 amide bonds. The summed E-state index contributed by atoms with van der Waals surface area (Å²) in [7, 11) is 3.51. The lowest BCUT2D eigenvalue weighted by atomic mass is 10.1. The zero-order chi connectivity index (χ0) is 12.8. The molecular weight excluding hydrogens is 216 g/mol. The van der Waals surface area contributed by atoms with Gasteiger partial charge < -0.3 is 15.4 Å². The molecule has 0 spiro atoms. The van der Waals surface area contributed by atoms with Crippen molar-refractivity contribution in [2.75, 3.05) is 26.4 Å². The summed E-state index contributed by atoms with van der Waals surface area (Å²) in [5.41, 5.74) is 7.42. The fourth-order valence-corrected chi connectivity index (χ4v) is 1.56. The number of ether oxygens (including phenoxy) is 1. The predicted octanol–water partition coefficient (Wildman–Crippen LogP) is 1.69. The van der Waals surface area contributed by atoms with E-state index in [9.17, 15) is 4.79 Å². The summed E-state index contributed by atoms with van der Waals surface area (Å²) in [4.78, 5) is 13.1. The molecule has 0 aliphatic rings. The summed E-state index contributed by atoms with van der Waals surface area (Å²) < 4.78 is 5.50. The Kier molecular flexibility index (Phi) is 4.82. The molecule has 0 saturated carbocycles. The van der Waals surface area contributed by atoms with E-state index in [4.69, 9.17) is 10.5 Å². The van der Waals surface area contributed by atoms with E-state index in [2.05, 4.69) is 0 Å². The molecule has 0 aromatic heterocycles. The van der Waals surface area contributed by atoms with Gasteiger partial charge in [0, 0.05) is 26.2 Å². The first-order chi connectivity index (χ1) is 8.04. The molecule has 0 bridgehead atoms. The van der Waals surface area contributed by atoms with Gasteiger partial charge in [-0.3, -0.25) is 4.79 Å². The lowest BCUT2D eigenvalue weighted by molar-refractivity contribution is -0.128. The zero-order valence-corrected chi connectivity index (χ0v) is 10.7. The van der Waals surface area contributed by atoms with Crippen molar-refractivity contribution >= 4 is 11.6 Å². The van der Waals surface area contributed by atoms with Crippen LogP contribution in [0.15, 0.2) is 18.2 Å². The maximum atomic E-state index is 11.5. The van der Waals surface area contributed by atoms with Crippen molar-refractivity contribution in [3.63, 3.8) is 0 Å². The minimum Gasteiger partial charge on any atom is -0.494 e. The van der Waals surface area contributed by atoms with Crippen LogP contribution >= 0.6 is 0 Å². The number of hydrogen-bond acceptors (Lipinski definition) is 3. The number of rotatable bonds is 5. The Bertz CT molecular complexity index is 389. The monoisotopic (exact) mass is 236 g/mol. The number of carbonyl (C=O) groups is 1. The molecule has 2 N–H and O–H groups in total. The van der Waals surface area contributed by atoms with E-state index in [0.717, 1.165) is 11.3 Å². The van der Waals surface area contributed by atoms with Crippen molar-refractivity contribution in [2.24, 2.45) is 0 Å². The lowest BCUT2D eigenvalue weighted by Gasteiger charge is -2.13. The number of amides is 1. The summed E-state index contributed by atoms with van der Waals surface area (Å²) in [5, 5.41) is 0. The highest BCUT2D eigenvalue weighted by Gasteiger charge is 2.08. The molecule has 0 aliphatic carbocycles. The van der Waals surface area contributed by atoms with Crippen LogP contribution in [0, 0.1) is 0 Å². The van der Waals surface area contributed by atoms with Crippen LogP contribution in [0.25, 0.3) is 0 Å². The van der Waals surface area contributed by atoms with Crippen molar-refractivity contribution in [3.8, 4) is 5.75 Å². The molecule has 1 aromatic carbocycles. The first-order valence-electron chi connectivity index (χ1n) is 5.76. The highest BCUT2D eigenvalue weighted by Crippen LogP contribution is 2.23. The highest BCUT2D eigenvalue weighted by atomic mass is 16.5. The van der Waals surface area contributed by atoms with Gasteiger partial charge in [0.25, 0.3) is 0 Å². The van der Waals surface area contributed by atoms with Gasteiger partial charge in [-0.1, -0.05) is 0 Å². The fourth-order valence-electron chi connectivity index (χ4n) is 1.56. The maximum Gasteiger partial charge on any atom is 0.222 e. The third kappa shape index (κ3) is 3.98. The van der Waals surface area contributed by atoms with E-state index < -0.39 is 0 Å². The molecule has 0 unspecified atom stereocenters. The van der Waals surface area contributed by atoms with Crippen LogP contribution < -0.4 is 10.5 Å². The molecule has 0 saturated heterocycles. The van der Waals surface area contributed by atoms with E-state index in [0.29, 0.717) is 25.1 Å². The molecule has 94 valence electrons. The summed E-state index contributed by atoms with van der Waals surface area (Å²) in [5.74, 6) is 0.920. The second-order valence-corrected chi connectivity index (χ2v) is 4.09. The molecule has 17 heavy (non-hydrogen) atoms. The molecule has 1 rings (SSSR count). The van der Waals surface area contributed by atoms with Gasteiger partial charge in [-0.25, -0.2) is 0 Å². The maximum absolute atomic E-state index is 11.5. The molecule has 1 aromatic rings. The second kappa shape index (κ2) is 6.13. The number of aryl methyl sites for hydroxylation is 1. The van der Waals surface area contributed by atoms with Gasteiger partial charge in [0.15, 0.2) is 0 Å². The van der Waals surface area contributed by atoms with Gasteiger partial charge in [0.1, 0.15) is 5.75 Å². The number of carbonyl (C=O) groups excluding carboxylic acids is 1. The van der Waals surface area contributed by atoms with E-state index in [1.807, 2.05) is 25.1 Å². The summed E-state index contributed by atoms with van der Waals surface area (Å²) >= 11 is 0. The van der Waals surface area contributed by atoms with Gasteiger partial charge in [-0.05, 0) is 37.1 Å². The summed E-state index contributed by atoms with van der Waals surface area (Å²) in [6.07, 6.45) is 1.12. The van der Waals surface area contributed by atoms with Crippen molar-refractivity contribution in [1.82, 2.24) is 4.90 Å². The van der Waals surface area contributed by atoms with E-state index in [1.165, 1.54) is 0 Å². The molecule has 4 heteroatoms.